The van der Waals surface area contributed by atoms with Crippen molar-refractivity contribution in [3.05, 3.63) is 24.2 Å². The summed E-state index contributed by atoms with van der Waals surface area (Å²) in [5.41, 5.74) is 6.04. The fraction of sp³-hybridized carbons (Fsp3) is 0.636. The molecule has 1 rings (SSSR count). The molecule has 0 aromatic carbocycles. The normalized spacial score (nSPS) is 15.4. The van der Waals surface area contributed by atoms with Gasteiger partial charge in [0.25, 0.3) is 0 Å². The van der Waals surface area contributed by atoms with E-state index in [0.717, 1.165) is 18.6 Å². The first kappa shape index (κ1) is 11.3. The van der Waals surface area contributed by atoms with Crippen LogP contribution in [0.15, 0.2) is 22.8 Å². The average molecular weight is 197 g/mol. The SMILES string of the molecule is CCCC(OCC)C(N)c1ccco1. The van der Waals surface area contributed by atoms with Crippen LogP contribution in [0.4, 0.5) is 0 Å². The summed E-state index contributed by atoms with van der Waals surface area (Å²) in [6, 6.07) is 3.60. The van der Waals surface area contributed by atoms with Crippen molar-refractivity contribution in [1.82, 2.24) is 0 Å². The van der Waals surface area contributed by atoms with Gasteiger partial charge in [-0.1, -0.05) is 13.3 Å². The molecule has 2 atom stereocenters. The molecule has 2 unspecified atom stereocenters. The lowest BCUT2D eigenvalue weighted by Gasteiger charge is -2.21. The van der Waals surface area contributed by atoms with E-state index in [1.54, 1.807) is 6.26 Å². The Kier molecular flexibility index (Phi) is 4.70. The lowest BCUT2D eigenvalue weighted by atomic mass is 10.1. The Morgan fingerprint density at radius 1 is 1.50 bits per heavy atom. The highest BCUT2D eigenvalue weighted by Gasteiger charge is 2.20. The van der Waals surface area contributed by atoms with Gasteiger partial charge in [-0.3, -0.25) is 0 Å². The molecule has 0 radical (unpaired) electrons. The van der Waals surface area contributed by atoms with Crippen LogP contribution in [0.1, 0.15) is 38.5 Å². The van der Waals surface area contributed by atoms with Crippen molar-refractivity contribution < 1.29 is 9.15 Å². The summed E-state index contributed by atoms with van der Waals surface area (Å²) in [6.45, 7) is 4.80. The van der Waals surface area contributed by atoms with E-state index >= 15 is 0 Å². The van der Waals surface area contributed by atoms with Crippen molar-refractivity contribution in [2.24, 2.45) is 5.73 Å². The van der Waals surface area contributed by atoms with Crippen LogP contribution in [-0.2, 0) is 4.74 Å². The first-order valence-electron chi connectivity index (χ1n) is 5.20. The largest absolute Gasteiger partial charge is 0.468 e. The quantitative estimate of drug-likeness (QED) is 0.762. The van der Waals surface area contributed by atoms with E-state index in [9.17, 15) is 0 Å². The molecule has 2 N–H and O–H groups in total. The second-order valence-electron chi connectivity index (χ2n) is 3.32. The Bertz CT molecular complexity index is 227. The fourth-order valence-corrected chi connectivity index (χ4v) is 1.53. The highest BCUT2D eigenvalue weighted by atomic mass is 16.5. The third kappa shape index (κ3) is 2.86. The van der Waals surface area contributed by atoms with Crippen LogP contribution in [0.2, 0.25) is 0 Å². The zero-order chi connectivity index (χ0) is 10.4. The number of rotatable bonds is 6. The second-order valence-corrected chi connectivity index (χ2v) is 3.32. The molecule has 0 aliphatic heterocycles. The van der Waals surface area contributed by atoms with Gasteiger partial charge in [0, 0.05) is 6.61 Å². The summed E-state index contributed by atoms with van der Waals surface area (Å²) in [7, 11) is 0. The lowest BCUT2D eigenvalue weighted by Crippen LogP contribution is -2.28. The molecule has 0 bridgehead atoms. The summed E-state index contributed by atoms with van der Waals surface area (Å²) < 4.78 is 10.8. The fourth-order valence-electron chi connectivity index (χ4n) is 1.53. The molecule has 14 heavy (non-hydrogen) atoms. The van der Waals surface area contributed by atoms with E-state index < -0.39 is 0 Å². The van der Waals surface area contributed by atoms with Gasteiger partial charge >= 0.3 is 0 Å². The summed E-state index contributed by atoms with van der Waals surface area (Å²) in [5, 5.41) is 0. The number of furan rings is 1. The maximum Gasteiger partial charge on any atom is 0.123 e. The molecule has 1 heterocycles. The molecule has 3 heteroatoms. The van der Waals surface area contributed by atoms with E-state index in [4.69, 9.17) is 14.9 Å². The van der Waals surface area contributed by atoms with E-state index in [0.29, 0.717) is 6.61 Å². The number of ether oxygens (including phenoxy) is 1. The van der Waals surface area contributed by atoms with Gasteiger partial charge in [0.1, 0.15) is 5.76 Å². The minimum Gasteiger partial charge on any atom is -0.468 e. The molecule has 0 aliphatic rings. The number of nitrogens with two attached hydrogens (primary N) is 1. The average Bonchev–Trinajstić information content (AvgIpc) is 2.69. The topological polar surface area (TPSA) is 48.4 Å². The molecule has 0 saturated heterocycles. The molecule has 80 valence electrons. The van der Waals surface area contributed by atoms with Crippen LogP contribution in [0.3, 0.4) is 0 Å². The van der Waals surface area contributed by atoms with E-state index in [-0.39, 0.29) is 12.1 Å². The van der Waals surface area contributed by atoms with Crippen LogP contribution in [-0.4, -0.2) is 12.7 Å². The Balaban J connectivity index is 2.58. The number of hydrogen-bond donors (Lipinski definition) is 1. The molecule has 3 nitrogen and oxygen atoms in total. The maximum atomic E-state index is 6.04. The Labute approximate surface area is 85.2 Å². The highest BCUT2D eigenvalue weighted by molar-refractivity contribution is 5.05. The molecule has 0 aliphatic carbocycles. The monoisotopic (exact) mass is 197 g/mol. The zero-order valence-electron chi connectivity index (χ0n) is 8.90. The highest BCUT2D eigenvalue weighted by Crippen LogP contribution is 2.20. The predicted octanol–water partition coefficient (Wildman–Crippen LogP) is 2.48. The van der Waals surface area contributed by atoms with Crippen LogP contribution in [0, 0.1) is 0 Å². The summed E-state index contributed by atoms with van der Waals surface area (Å²) in [5.74, 6) is 0.803. The third-order valence-corrected chi connectivity index (χ3v) is 2.23. The third-order valence-electron chi connectivity index (χ3n) is 2.23. The molecule has 1 aromatic rings. The zero-order valence-corrected chi connectivity index (χ0v) is 8.90. The van der Waals surface area contributed by atoms with Gasteiger partial charge in [0.05, 0.1) is 18.4 Å². The molecule has 0 saturated carbocycles. The van der Waals surface area contributed by atoms with Crippen LogP contribution in [0.25, 0.3) is 0 Å². The van der Waals surface area contributed by atoms with Gasteiger partial charge in [-0.2, -0.15) is 0 Å². The van der Waals surface area contributed by atoms with Gasteiger partial charge in [-0.25, -0.2) is 0 Å². The van der Waals surface area contributed by atoms with Crippen molar-refractivity contribution in [3.8, 4) is 0 Å². The van der Waals surface area contributed by atoms with Crippen molar-refractivity contribution in [3.63, 3.8) is 0 Å². The minimum atomic E-state index is -0.148. The van der Waals surface area contributed by atoms with Crippen LogP contribution >= 0.6 is 0 Å². The maximum absolute atomic E-state index is 6.04. The van der Waals surface area contributed by atoms with E-state index in [1.165, 1.54) is 0 Å². The predicted molar refractivity (Wildman–Crippen MR) is 56.0 cm³/mol. The molecule has 1 aromatic heterocycles. The molecular formula is C11H19NO2. The lowest BCUT2D eigenvalue weighted by molar-refractivity contribution is 0.0325. The summed E-state index contributed by atoms with van der Waals surface area (Å²) in [6.07, 6.45) is 3.75. The Morgan fingerprint density at radius 2 is 2.29 bits per heavy atom. The molecule has 0 amide bonds. The number of hydrogen-bond acceptors (Lipinski definition) is 3. The summed E-state index contributed by atoms with van der Waals surface area (Å²) in [4.78, 5) is 0. The van der Waals surface area contributed by atoms with Crippen molar-refractivity contribution in [2.45, 2.75) is 38.8 Å². The second kappa shape index (κ2) is 5.83. The molecule has 0 fully saturated rings. The smallest absolute Gasteiger partial charge is 0.123 e. The van der Waals surface area contributed by atoms with Crippen LogP contribution in [0.5, 0.6) is 0 Å². The molecule has 0 spiro atoms. The first-order chi connectivity index (χ1) is 6.79. The first-order valence-corrected chi connectivity index (χ1v) is 5.20. The van der Waals surface area contributed by atoms with Crippen molar-refractivity contribution in [1.29, 1.82) is 0 Å². The van der Waals surface area contributed by atoms with Crippen molar-refractivity contribution >= 4 is 0 Å². The standard InChI is InChI=1S/C11H19NO2/c1-3-6-9(13-4-2)11(12)10-7-5-8-14-10/h5,7-9,11H,3-4,6,12H2,1-2H3. The van der Waals surface area contributed by atoms with Gasteiger partial charge in [0.15, 0.2) is 0 Å². The Morgan fingerprint density at radius 3 is 2.79 bits per heavy atom. The van der Waals surface area contributed by atoms with Gasteiger partial charge in [-0.05, 0) is 25.5 Å². The van der Waals surface area contributed by atoms with E-state index in [2.05, 4.69) is 6.92 Å². The van der Waals surface area contributed by atoms with Gasteiger partial charge in [-0.15, -0.1) is 0 Å². The van der Waals surface area contributed by atoms with Gasteiger partial charge < -0.3 is 14.9 Å². The summed E-state index contributed by atoms with van der Waals surface area (Å²) >= 11 is 0. The minimum absolute atomic E-state index is 0.0659. The Hall–Kier alpha value is -0.800. The van der Waals surface area contributed by atoms with Crippen LogP contribution < -0.4 is 5.73 Å². The molecular weight excluding hydrogens is 178 g/mol. The van der Waals surface area contributed by atoms with E-state index in [1.807, 2.05) is 19.1 Å². The van der Waals surface area contributed by atoms with Crippen molar-refractivity contribution in [2.75, 3.05) is 6.61 Å². The van der Waals surface area contributed by atoms with Gasteiger partial charge in [0.2, 0.25) is 0 Å².